The highest BCUT2D eigenvalue weighted by atomic mass is 19.1. The number of hydrogen-bond acceptors (Lipinski definition) is 4. The van der Waals surface area contributed by atoms with Crippen LogP contribution >= 0.6 is 0 Å². The number of fused-ring (bicyclic) bond motifs is 2. The van der Waals surface area contributed by atoms with Gasteiger partial charge in [-0.3, -0.25) is 9.59 Å². The van der Waals surface area contributed by atoms with Crippen LogP contribution in [-0.2, 0) is 4.74 Å². The van der Waals surface area contributed by atoms with Crippen molar-refractivity contribution in [1.29, 1.82) is 0 Å². The van der Waals surface area contributed by atoms with Crippen LogP contribution in [0, 0.1) is 5.82 Å². The minimum absolute atomic E-state index is 0.0328. The van der Waals surface area contributed by atoms with E-state index in [1.165, 1.54) is 12.1 Å². The Morgan fingerprint density at radius 1 is 1.15 bits per heavy atom. The number of benzene rings is 2. The van der Waals surface area contributed by atoms with E-state index in [1.54, 1.807) is 12.0 Å². The summed E-state index contributed by atoms with van der Waals surface area (Å²) >= 11 is 0. The standard InChI is InChI=1S/C21H18FNO4/c1-26-11-5-10-23-18(13-6-3-2-4-7-13)17-19(24)15-12-14(22)8-9-16(15)27-20(17)21(23)25/h2-4,6-9,12,18H,5,10-11H2,1H3. The molecule has 0 saturated heterocycles. The highest BCUT2D eigenvalue weighted by Crippen LogP contribution is 2.38. The van der Waals surface area contributed by atoms with E-state index in [-0.39, 0.29) is 33.6 Å². The van der Waals surface area contributed by atoms with Gasteiger partial charge in [-0.25, -0.2) is 4.39 Å². The fourth-order valence-corrected chi connectivity index (χ4v) is 3.58. The Kier molecular flexibility index (Phi) is 4.49. The van der Waals surface area contributed by atoms with Gasteiger partial charge in [0.2, 0.25) is 5.76 Å². The van der Waals surface area contributed by atoms with Crippen molar-refractivity contribution in [3.63, 3.8) is 0 Å². The molecule has 0 N–H and O–H groups in total. The van der Waals surface area contributed by atoms with Crippen molar-refractivity contribution >= 4 is 16.9 Å². The number of halogens is 1. The molecule has 4 rings (SSSR count). The summed E-state index contributed by atoms with van der Waals surface area (Å²) in [6.07, 6.45) is 0.627. The summed E-state index contributed by atoms with van der Waals surface area (Å²) in [4.78, 5) is 27.8. The van der Waals surface area contributed by atoms with E-state index in [4.69, 9.17) is 9.15 Å². The van der Waals surface area contributed by atoms with Gasteiger partial charge in [-0.2, -0.15) is 0 Å². The zero-order chi connectivity index (χ0) is 19.0. The molecule has 1 aliphatic heterocycles. The number of amides is 1. The second kappa shape index (κ2) is 6.96. The summed E-state index contributed by atoms with van der Waals surface area (Å²) in [5.74, 6) is -0.823. The molecule has 3 aromatic rings. The van der Waals surface area contributed by atoms with Crippen molar-refractivity contribution in [3.05, 3.63) is 81.5 Å². The van der Waals surface area contributed by atoms with Crippen LogP contribution in [0.4, 0.5) is 4.39 Å². The monoisotopic (exact) mass is 367 g/mol. The third kappa shape index (κ3) is 2.92. The Morgan fingerprint density at radius 3 is 2.67 bits per heavy atom. The molecule has 1 amide bonds. The van der Waals surface area contributed by atoms with Crippen molar-refractivity contribution in [2.75, 3.05) is 20.3 Å². The summed E-state index contributed by atoms with van der Waals surface area (Å²) in [7, 11) is 1.60. The van der Waals surface area contributed by atoms with Gasteiger partial charge in [-0.05, 0) is 30.2 Å². The van der Waals surface area contributed by atoms with Gasteiger partial charge >= 0.3 is 0 Å². The number of hydrogen-bond donors (Lipinski definition) is 0. The van der Waals surface area contributed by atoms with Crippen LogP contribution in [0.15, 0.2) is 57.7 Å². The van der Waals surface area contributed by atoms with Crippen LogP contribution in [0.3, 0.4) is 0 Å². The molecule has 6 heteroatoms. The molecule has 1 aliphatic rings. The van der Waals surface area contributed by atoms with Gasteiger partial charge in [-0.1, -0.05) is 30.3 Å². The van der Waals surface area contributed by atoms with Crippen LogP contribution in [0.2, 0.25) is 0 Å². The van der Waals surface area contributed by atoms with E-state index in [2.05, 4.69) is 0 Å². The maximum Gasteiger partial charge on any atom is 0.290 e. The predicted octanol–water partition coefficient (Wildman–Crippen LogP) is 3.51. The van der Waals surface area contributed by atoms with Crippen LogP contribution in [0.1, 0.15) is 34.1 Å². The Bertz CT molecular complexity index is 1060. The van der Waals surface area contributed by atoms with E-state index in [0.717, 1.165) is 11.6 Å². The number of methoxy groups -OCH3 is 1. The van der Waals surface area contributed by atoms with Crippen molar-refractivity contribution in [3.8, 4) is 0 Å². The van der Waals surface area contributed by atoms with E-state index in [0.29, 0.717) is 19.6 Å². The Balaban J connectivity index is 1.92. The number of carbonyl (C=O) groups is 1. The van der Waals surface area contributed by atoms with Gasteiger partial charge in [0.05, 0.1) is 17.0 Å². The van der Waals surface area contributed by atoms with Gasteiger partial charge < -0.3 is 14.1 Å². The smallest absolute Gasteiger partial charge is 0.290 e. The Hall–Kier alpha value is -2.99. The molecule has 2 aromatic carbocycles. The number of rotatable bonds is 5. The number of carbonyl (C=O) groups excluding carboxylic acids is 1. The minimum Gasteiger partial charge on any atom is -0.450 e. The van der Waals surface area contributed by atoms with Gasteiger partial charge in [0.15, 0.2) is 5.43 Å². The van der Waals surface area contributed by atoms with E-state index >= 15 is 0 Å². The second-order valence-electron chi connectivity index (χ2n) is 6.47. The van der Waals surface area contributed by atoms with Gasteiger partial charge in [0, 0.05) is 20.3 Å². The lowest BCUT2D eigenvalue weighted by atomic mass is 9.98. The molecule has 1 unspecified atom stereocenters. The molecule has 0 bridgehead atoms. The zero-order valence-corrected chi connectivity index (χ0v) is 14.8. The quantitative estimate of drug-likeness (QED) is 0.648. The fraction of sp³-hybridized carbons (Fsp3) is 0.238. The zero-order valence-electron chi connectivity index (χ0n) is 14.8. The first-order valence-corrected chi connectivity index (χ1v) is 8.73. The van der Waals surface area contributed by atoms with Crippen molar-refractivity contribution in [2.24, 2.45) is 0 Å². The van der Waals surface area contributed by atoms with Crippen molar-refractivity contribution < 1.29 is 18.3 Å². The lowest BCUT2D eigenvalue weighted by Gasteiger charge is -2.25. The highest BCUT2D eigenvalue weighted by molar-refractivity contribution is 5.99. The SMILES string of the molecule is COCCCN1C(=O)c2oc3ccc(F)cc3c(=O)c2C1c1ccccc1. The average Bonchev–Trinajstić information content (AvgIpc) is 2.96. The molecule has 2 heterocycles. The Morgan fingerprint density at radius 2 is 1.93 bits per heavy atom. The largest absolute Gasteiger partial charge is 0.450 e. The lowest BCUT2D eigenvalue weighted by molar-refractivity contribution is 0.0708. The molecule has 5 nitrogen and oxygen atoms in total. The summed E-state index contributed by atoms with van der Waals surface area (Å²) < 4.78 is 24.5. The molecule has 1 aromatic heterocycles. The van der Waals surface area contributed by atoms with Crippen LogP contribution in [-0.4, -0.2) is 31.1 Å². The maximum absolute atomic E-state index is 13.7. The summed E-state index contributed by atoms with van der Waals surface area (Å²) in [6.45, 7) is 0.913. The molecule has 0 fully saturated rings. The third-order valence-corrected chi connectivity index (χ3v) is 4.79. The molecule has 0 radical (unpaired) electrons. The van der Waals surface area contributed by atoms with E-state index in [9.17, 15) is 14.0 Å². The van der Waals surface area contributed by atoms with Crippen LogP contribution < -0.4 is 5.43 Å². The molecular weight excluding hydrogens is 349 g/mol. The van der Waals surface area contributed by atoms with E-state index < -0.39 is 11.9 Å². The minimum atomic E-state index is -0.561. The highest BCUT2D eigenvalue weighted by Gasteiger charge is 2.42. The maximum atomic E-state index is 13.7. The normalized spacial score (nSPS) is 16.1. The van der Waals surface area contributed by atoms with Crippen molar-refractivity contribution in [1.82, 2.24) is 4.90 Å². The fourth-order valence-electron chi connectivity index (χ4n) is 3.58. The second-order valence-corrected chi connectivity index (χ2v) is 6.47. The third-order valence-electron chi connectivity index (χ3n) is 4.79. The first-order chi connectivity index (χ1) is 13.1. The molecular formula is C21H18FNO4. The summed E-state index contributed by atoms with van der Waals surface area (Å²) in [5.41, 5.74) is 0.910. The molecule has 138 valence electrons. The number of ether oxygens (including phenoxy) is 1. The van der Waals surface area contributed by atoms with Crippen LogP contribution in [0.5, 0.6) is 0 Å². The van der Waals surface area contributed by atoms with Crippen molar-refractivity contribution in [2.45, 2.75) is 12.5 Å². The van der Waals surface area contributed by atoms with Gasteiger partial charge in [0.1, 0.15) is 11.4 Å². The molecule has 0 spiro atoms. The van der Waals surface area contributed by atoms with Gasteiger partial charge in [-0.15, -0.1) is 0 Å². The summed E-state index contributed by atoms with van der Waals surface area (Å²) in [6, 6.07) is 12.5. The first-order valence-electron chi connectivity index (χ1n) is 8.73. The summed E-state index contributed by atoms with van der Waals surface area (Å²) in [5, 5.41) is 0.140. The van der Waals surface area contributed by atoms with Crippen LogP contribution in [0.25, 0.3) is 11.0 Å². The average molecular weight is 367 g/mol. The van der Waals surface area contributed by atoms with E-state index in [1.807, 2.05) is 30.3 Å². The molecule has 0 aliphatic carbocycles. The predicted molar refractivity (Wildman–Crippen MR) is 98.3 cm³/mol. The lowest BCUT2D eigenvalue weighted by Crippen LogP contribution is -2.31. The topological polar surface area (TPSA) is 59.8 Å². The Labute approximate surface area is 155 Å². The molecule has 27 heavy (non-hydrogen) atoms. The first kappa shape index (κ1) is 17.4. The molecule has 0 saturated carbocycles. The molecule has 1 atom stereocenters. The number of nitrogens with zero attached hydrogens (tertiary/aromatic N) is 1. The van der Waals surface area contributed by atoms with Gasteiger partial charge in [0.25, 0.3) is 5.91 Å².